The number of nitrogen functional groups attached to an aromatic ring is 1. The van der Waals surface area contributed by atoms with E-state index < -0.39 is 27.4 Å². The third kappa shape index (κ3) is 5.99. The molecule has 1 aliphatic heterocycles. The molecule has 6 rings (SSSR count). The molecule has 2 aromatic carbocycles. The van der Waals surface area contributed by atoms with Gasteiger partial charge in [-0.1, -0.05) is 30.3 Å². The fourth-order valence-electron chi connectivity index (χ4n) is 5.67. The zero-order valence-corrected chi connectivity index (χ0v) is 24.8. The van der Waals surface area contributed by atoms with E-state index in [4.69, 9.17) is 15.6 Å². The predicted molar refractivity (Wildman–Crippen MR) is 164 cm³/mol. The van der Waals surface area contributed by atoms with E-state index in [1.54, 1.807) is 18.3 Å². The van der Waals surface area contributed by atoms with Crippen molar-refractivity contribution in [2.24, 2.45) is 0 Å². The number of anilines is 2. The van der Waals surface area contributed by atoms with E-state index in [9.17, 15) is 12.8 Å². The summed E-state index contributed by atoms with van der Waals surface area (Å²) in [7, 11) is -4.08. The van der Waals surface area contributed by atoms with Gasteiger partial charge in [0.2, 0.25) is 10.0 Å². The summed E-state index contributed by atoms with van der Waals surface area (Å²) in [5, 5.41) is 9.12. The summed E-state index contributed by atoms with van der Waals surface area (Å²) >= 11 is 0. The van der Waals surface area contributed by atoms with E-state index in [0.717, 1.165) is 43.6 Å². The monoisotopic (exact) mass is 608 g/mol. The van der Waals surface area contributed by atoms with Gasteiger partial charge in [-0.25, -0.2) is 22.2 Å². The number of allylic oxidation sites excluding steroid dienone is 1. The van der Waals surface area contributed by atoms with E-state index >= 15 is 4.39 Å². The normalized spacial score (nSPS) is 17.7. The number of benzene rings is 2. The first-order valence-electron chi connectivity index (χ1n) is 14.3. The van der Waals surface area contributed by atoms with E-state index in [1.807, 2.05) is 18.5 Å². The Labute approximate surface area is 249 Å². The highest BCUT2D eigenvalue weighted by Gasteiger charge is 2.27. The van der Waals surface area contributed by atoms with Crippen molar-refractivity contribution < 1.29 is 21.9 Å². The van der Waals surface area contributed by atoms with Crippen molar-refractivity contribution in [1.82, 2.24) is 20.1 Å². The number of halogens is 2. The number of rotatable bonds is 9. The van der Waals surface area contributed by atoms with Crippen LogP contribution >= 0.6 is 0 Å². The third-order valence-corrected chi connectivity index (χ3v) is 9.14. The van der Waals surface area contributed by atoms with Crippen LogP contribution in [0, 0.1) is 11.6 Å². The molecule has 12 heteroatoms. The van der Waals surface area contributed by atoms with Gasteiger partial charge in [0.15, 0.2) is 0 Å². The third-order valence-electron chi connectivity index (χ3n) is 7.92. The maximum absolute atomic E-state index is 15.4. The quantitative estimate of drug-likeness (QED) is 0.232. The maximum atomic E-state index is 15.4. The molecule has 1 fully saturated rings. The lowest BCUT2D eigenvalue weighted by molar-refractivity contribution is -0.0103. The van der Waals surface area contributed by atoms with Gasteiger partial charge in [-0.15, -0.1) is 0 Å². The first-order valence-corrected chi connectivity index (χ1v) is 16.0. The number of sulfonamides is 1. The van der Waals surface area contributed by atoms with Gasteiger partial charge in [-0.3, -0.25) is 9.40 Å². The highest BCUT2D eigenvalue weighted by molar-refractivity contribution is 7.91. The molecule has 0 amide bonds. The standard InChI is InChI=1S/C31H34F2N6O3S/c1-18(2)39-30-24(19-7-10-22(11-8-19)36-23-15-42-16-23)14-35-31(34)28(30)29(37-39)20-9-12-27(26(33)13-20)38-43(40,41)17-21-5-3-4-6-25(21)32/h3-7,9,12-14,18,22-23,36,38H,8,10-11,15-17H2,1-2H3,(H2,34,35)/t22-/m0/s1. The zero-order chi connectivity index (χ0) is 30.3. The van der Waals surface area contributed by atoms with Gasteiger partial charge in [0.1, 0.15) is 23.1 Å². The van der Waals surface area contributed by atoms with Crippen molar-refractivity contribution >= 4 is 38.0 Å². The number of nitrogens with two attached hydrogens (primary N) is 1. The fourth-order valence-corrected chi connectivity index (χ4v) is 6.89. The molecule has 4 aromatic rings. The van der Waals surface area contributed by atoms with Crippen LogP contribution in [0.3, 0.4) is 0 Å². The lowest BCUT2D eigenvalue weighted by Crippen LogP contribution is -2.50. The first-order chi connectivity index (χ1) is 20.6. The van der Waals surface area contributed by atoms with E-state index in [2.05, 4.69) is 21.1 Å². The lowest BCUT2D eigenvalue weighted by Gasteiger charge is -2.33. The zero-order valence-electron chi connectivity index (χ0n) is 24.0. The van der Waals surface area contributed by atoms with Gasteiger partial charge < -0.3 is 15.8 Å². The Morgan fingerprint density at radius 3 is 2.56 bits per heavy atom. The molecule has 3 heterocycles. The molecule has 0 spiro atoms. The molecule has 0 radical (unpaired) electrons. The molecule has 4 N–H and O–H groups in total. The van der Waals surface area contributed by atoms with Crippen LogP contribution in [-0.4, -0.2) is 48.5 Å². The van der Waals surface area contributed by atoms with Crippen LogP contribution < -0.4 is 15.8 Å². The number of aromatic nitrogens is 3. The molecular formula is C31H34F2N6O3S. The highest BCUT2D eigenvalue weighted by atomic mass is 32.2. The number of pyridine rings is 1. The SMILES string of the molecule is CC(C)n1nc(-c2ccc(NS(=O)(=O)Cc3ccccc3F)c(F)c2)c2c(N)ncc(C3=CC[C@H](NC4COC4)CC3)c21. The van der Waals surface area contributed by atoms with Crippen LogP contribution in [0.4, 0.5) is 20.3 Å². The highest BCUT2D eigenvalue weighted by Crippen LogP contribution is 2.39. The lowest BCUT2D eigenvalue weighted by atomic mass is 9.89. The average molecular weight is 609 g/mol. The number of ether oxygens (including phenoxy) is 1. The molecule has 226 valence electrons. The Kier molecular flexibility index (Phi) is 7.92. The van der Waals surface area contributed by atoms with Crippen LogP contribution in [0.1, 0.15) is 50.3 Å². The van der Waals surface area contributed by atoms with Gasteiger partial charge in [0.05, 0.1) is 41.6 Å². The van der Waals surface area contributed by atoms with Crippen LogP contribution in [-0.2, 0) is 20.5 Å². The molecule has 2 aromatic heterocycles. The van der Waals surface area contributed by atoms with Gasteiger partial charge in [0, 0.05) is 35.0 Å². The van der Waals surface area contributed by atoms with Gasteiger partial charge >= 0.3 is 0 Å². The van der Waals surface area contributed by atoms with Crippen molar-refractivity contribution in [2.75, 3.05) is 23.7 Å². The van der Waals surface area contributed by atoms with E-state index in [-0.39, 0.29) is 23.1 Å². The molecule has 0 saturated carbocycles. The second kappa shape index (κ2) is 11.7. The number of hydrogen-bond acceptors (Lipinski definition) is 7. The van der Waals surface area contributed by atoms with Gasteiger partial charge in [0.25, 0.3) is 0 Å². The summed E-state index contributed by atoms with van der Waals surface area (Å²) in [6.45, 7) is 5.54. The number of nitrogens with one attached hydrogen (secondary N) is 2. The van der Waals surface area contributed by atoms with Crippen molar-refractivity contribution in [3.63, 3.8) is 0 Å². The summed E-state index contributed by atoms with van der Waals surface area (Å²) in [6, 6.07) is 10.5. The largest absolute Gasteiger partial charge is 0.383 e. The summed E-state index contributed by atoms with van der Waals surface area (Å²) < 4.78 is 64.2. The van der Waals surface area contributed by atoms with Crippen LogP contribution in [0.2, 0.25) is 0 Å². The summed E-state index contributed by atoms with van der Waals surface area (Å²) in [6.07, 6.45) is 6.76. The minimum Gasteiger partial charge on any atom is -0.383 e. The van der Waals surface area contributed by atoms with E-state index in [0.29, 0.717) is 28.7 Å². The van der Waals surface area contributed by atoms with Crippen molar-refractivity contribution in [3.8, 4) is 11.3 Å². The second-order valence-corrected chi connectivity index (χ2v) is 13.1. The van der Waals surface area contributed by atoms with Gasteiger partial charge in [-0.2, -0.15) is 5.10 Å². The average Bonchev–Trinajstić information content (AvgIpc) is 3.36. The molecule has 0 unspecified atom stereocenters. The molecule has 1 aliphatic carbocycles. The van der Waals surface area contributed by atoms with Crippen molar-refractivity contribution in [3.05, 3.63) is 77.5 Å². The second-order valence-electron chi connectivity index (χ2n) is 11.4. The minimum absolute atomic E-state index is 0.00988. The Hall–Kier alpha value is -3.87. The number of hydrogen-bond donors (Lipinski definition) is 3. The summed E-state index contributed by atoms with van der Waals surface area (Å²) in [5.74, 6) is -1.80. The van der Waals surface area contributed by atoms with Crippen LogP contribution in [0.15, 0.2) is 54.7 Å². The van der Waals surface area contributed by atoms with Crippen LogP contribution in [0.25, 0.3) is 27.7 Å². The van der Waals surface area contributed by atoms with Gasteiger partial charge in [-0.05, 0) is 56.9 Å². The van der Waals surface area contributed by atoms with Crippen molar-refractivity contribution in [2.45, 2.75) is 57.0 Å². The Morgan fingerprint density at radius 1 is 1.12 bits per heavy atom. The Morgan fingerprint density at radius 2 is 1.91 bits per heavy atom. The molecule has 1 atom stereocenters. The summed E-state index contributed by atoms with van der Waals surface area (Å²) in [5.41, 5.74) is 9.99. The minimum atomic E-state index is -4.08. The molecule has 43 heavy (non-hydrogen) atoms. The summed E-state index contributed by atoms with van der Waals surface area (Å²) in [4.78, 5) is 4.50. The predicted octanol–water partition coefficient (Wildman–Crippen LogP) is 5.41. The first kappa shape index (κ1) is 29.2. The maximum Gasteiger partial charge on any atom is 0.237 e. The fraction of sp³-hybridized carbons (Fsp3) is 0.355. The molecule has 9 nitrogen and oxygen atoms in total. The molecular weight excluding hydrogens is 574 g/mol. The molecule has 0 bridgehead atoms. The van der Waals surface area contributed by atoms with Crippen LogP contribution in [0.5, 0.6) is 0 Å². The van der Waals surface area contributed by atoms with E-state index in [1.165, 1.54) is 35.9 Å². The topological polar surface area (TPSA) is 124 Å². The molecule has 2 aliphatic rings. The Bertz CT molecular complexity index is 1820. The number of nitrogens with zero attached hydrogens (tertiary/aromatic N) is 3. The van der Waals surface area contributed by atoms with Crippen molar-refractivity contribution in [1.29, 1.82) is 0 Å². The Balaban J connectivity index is 1.32. The smallest absolute Gasteiger partial charge is 0.237 e. The number of fused-ring (bicyclic) bond motifs is 1. The molecule has 1 saturated heterocycles.